The van der Waals surface area contributed by atoms with Crippen LogP contribution in [0.5, 0.6) is 0 Å². The number of pyridine rings is 1. The molecule has 6 nitrogen and oxygen atoms in total. The van der Waals surface area contributed by atoms with Gasteiger partial charge in [-0.2, -0.15) is 0 Å². The van der Waals surface area contributed by atoms with Crippen LogP contribution in [-0.2, 0) is 6.54 Å². The molecule has 102 valence electrons. The topological polar surface area (TPSA) is 94.0 Å². The molecule has 0 spiro atoms. The summed E-state index contributed by atoms with van der Waals surface area (Å²) >= 11 is 0. The quantitative estimate of drug-likeness (QED) is 0.797. The van der Waals surface area contributed by atoms with Crippen LogP contribution in [-0.4, -0.2) is 22.6 Å². The monoisotopic (exact) mass is 270 g/mol. The van der Waals surface area contributed by atoms with Gasteiger partial charge >= 0.3 is 0 Å². The Hall–Kier alpha value is -2.65. The summed E-state index contributed by atoms with van der Waals surface area (Å²) in [6, 6.07) is 3.38. The smallest absolute Gasteiger partial charge is 0.253 e. The Bertz CT molecular complexity index is 667. The van der Waals surface area contributed by atoms with Crippen molar-refractivity contribution < 1.29 is 9.32 Å². The predicted octanol–water partition coefficient (Wildman–Crippen LogP) is 0.618. The molecular formula is C14H14N4O2. The van der Waals surface area contributed by atoms with Gasteiger partial charge in [0, 0.05) is 18.5 Å². The van der Waals surface area contributed by atoms with Crippen LogP contribution >= 0.6 is 0 Å². The third-order valence-electron chi connectivity index (χ3n) is 2.49. The van der Waals surface area contributed by atoms with Crippen LogP contribution in [0.2, 0.25) is 0 Å². The number of amides is 1. The second-order valence-corrected chi connectivity index (χ2v) is 4.04. The number of nitrogens with zero attached hydrogens (tertiary/aromatic N) is 2. The first-order chi connectivity index (χ1) is 9.70. The average molecular weight is 270 g/mol. The second-order valence-electron chi connectivity index (χ2n) is 4.04. The van der Waals surface area contributed by atoms with Crippen molar-refractivity contribution in [1.82, 2.24) is 15.5 Å². The molecule has 0 unspecified atom stereocenters. The summed E-state index contributed by atoms with van der Waals surface area (Å²) in [6.45, 7) is 2.32. The first-order valence-corrected chi connectivity index (χ1v) is 6.04. The number of nitrogens with two attached hydrogens (primary N) is 1. The number of rotatable bonds is 3. The van der Waals surface area contributed by atoms with Gasteiger partial charge in [-0.15, -0.1) is 0 Å². The molecule has 6 heteroatoms. The van der Waals surface area contributed by atoms with Crippen molar-refractivity contribution in [2.24, 2.45) is 5.73 Å². The Labute approximate surface area is 116 Å². The SMILES string of the molecule is Cc1cc(CNC(=O)c2ccncc2C#CCN)on1. The van der Waals surface area contributed by atoms with E-state index in [0.717, 1.165) is 5.69 Å². The fourth-order valence-electron chi connectivity index (χ4n) is 1.60. The number of carbonyl (C=O) groups is 1. The van der Waals surface area contributed by atoms with Crippen LogP contribution < -0.4 is 11.1 Å². The molecule has 2 aromatic heterocycles. The number of carbonyl (C=O) groups excluding carboxylic acids is 1. The van der Waals surface area contributed by atoms with E-state index in [1.165, 1.54) is 6.20 Å². The molecule has 3 N–H and O–H groups in total. The fraction of sp³-hybridized carbons (Fsp3) is 0.214. The van der Waals surface area contributed by atoms with Crippen molar-refractivity contribution in [3.05, 3.63) is 47.1 Å². The normalized spacial score (nSPS) is 9.70. The van der Waals surface area contributed by atoms with Gasteiger partial charge in [0.25, 0.3) is 5.91 Å². The van der Waals surface area contributed by atoms with Gasteiger partial charge in [0.15, 0.2) is 5.76 Å². The molecule has 0 bridgehead atoms. The van der Waals surface area contributed by atoms with Crippen LogP contribution in [0.25, 0.3) is 0 Å². The zero-order valence-corrected chi connectivity index (χ0v) is 11.0. The summed E-state index contributed by atoms with van der Waals surface area (Å²) in [5.74, 6) is 5.88. The van der Waals surface area contributed by atoms with Crippen molar-refractivity contribution in [2.75, 3.05) is 6.54 Å². The Morgan fingerprint density at radius 3 is 3.10 bits per heavy atom. The van der Waals surface area contributed by atoms with Crippen molar-refractivity contribution in [2.45, 2.75) is 13.5 Å². The molecule has 2 rings (SSSR count). The van der Waals surface area contributed by atoms with Gasteiger partial charge in [0.2, 0.25) is 0 Å². The summed E-state index contributed by atoms with van der Waals surface area (Å²) in [6.07, 6.45) is 3.08. The summed E-state index contributed by atoms with van der Waals surface area (Å²) in [5, 5.41) is 6.50. The van der Waals surface area contributed by atoms with Crippen molar-refractivity contribution in [3.8, 4) is 11.8 Å². The zero-order chi connectivity index (χ0) is 14.4. The lowest BCUT2D eigenvalue weighted by atomic mass is 10.1. The van der Waals surface area contributed by atoms with E-state index < -0.39 is 0 Å². The van der Waals surface area contributed by atoms with E-state index in [2.05, 4.69) is 27.3 Å². The summed E-state index contributed by atoms with van der Waals surface area (Å²) < 4.78 is 5.02. The summed E-state index contributed by atoms with van der Waals surface area (Å²) in [4.78, 5) is 16.1. The molecule has 0 atom stereocenters. The fourth-order valence-corrected chi connectivity index (χ4v) is 1.60. The molecule has 2 heterocycles. The van der Waals surface area contributed by atoms with Crippen LogP contribution in [0.1, 0.15) is 27.4 Å². The molecule has 2 aromatic rings. The van der Waals surface area contributed by atoms with Gasteiger partial charge < -0.3 is 15.6 Å². The van der Waals surface area contributed by atoms with E-state index in [1.807, 2.05) is 6.92 Å². The number of hydrogen-bond acceptors (Lipinski definition) is 5. The highest BCUT2D eigenvalue weighted by atomic mass is 16.5. The Kier molecular flexibility index (Phi) is 4.47. The Morgan fingerprint density at radius 2 is 2.40 bits per heavy atom. The minimum absolute atomic E-state index is 0.229. The third kappa shape index (κ3) is 3.43. The lowest BCUT2D eigenvalue weighted by Crippen LogP contribution is -2.23. The third-order valence-corrected chi connectivity index (χ3v) is 2.49. The zero-order valence-electron chi connectivity index (χ0n) is 11.0. The summed E-state index contributed by atoms with van der Waals surface area (Å²) in [7, 11) is 0. The van der Waals surface area contributed by atoms with E-state index >= 15 is 0 Å². The first kappa shape index (κ1) is 13.8. The largest absolute Gasteiger partial charge is 0.359 e. The van der Waals surface area contributed by atoms with E-state index in [1.54, 1.807) is 18.3 Å². The van der Waals surface area contributed by atoms with Crippen molar-refractivity contribution >= 4 is 5.91 Å². The molecule has 20 heavy (non-hydrogen) atoms. The van der Waals surface area contributed by atoms with Crippen LogP contribution in [0.4, 0.5) is 0 Å². The van der Waals surface area contributed by atoms with Gasteiger partial charge in [-0.25, -0.2) is 0 Å². The molecule has 0 saturated carbocycles. The van der Waals surface area contributed by atoms with Gasteiger partial charge in [0.1, 0.15) is 0 Å². The van der Waals surface area contributed by atoms with Crippen LogP contribution in [0.3, 0.4) is 0 Å². The van der Waals surface area contributed by atoms with E-state index in [4.69, 9.17) is 10.3 Å². The Balaban J connectivity index is 2.09. The molecule has 0 saturated heterocycles. The first-order valence-electron chi connectivity index (χ1n) is 6.04. The average Bonchev–Trinajstić information content (AvgIpc) is 2.88. The second kappa shape index (κ2) is 6.50. The van der Waals surface area contributed by atoms with Gasteiger partial charge in [-0.05, 0) is 13.0 Å². The van der Waals surface area contributed by atoms with E-state index in [9.17, 15) is 4.79 Å². The molecule has 0 aliphatic carbocycles. The molecule has 0 radical (unpaired) electrons. The molecular weight excluding hydrogens is 256 g/mol. The molecule has 0 fully saturated rings. The minimum atomic E-state index is -0.247. The summed E-state index contributed by atoms with van der Waals surface area (Å²) in [5.41, 5.74) is 7.10. The maximum atomic E-state index is 12.1. The standard InChI is InChI=1S/C14H14N4O2/c1-10-7-12(20-18-10)9-17-14(19)13-4-6-16-8-11(13)3-2-5-15/h4,6-8H,5,9,15H2,1H3,(H,17,19). The van der Waals surface area contributed by atoms with Crippen molar-refractivity contribution in [1.29, 1.82) is 0 Å². The number of hydrogen-bond donors (Lipinski definition) is 2. The lowest BCUT2D eigenvalue weighted by Gasteiger charge is -2.04. The predicted molar refractivity (Wildman–Crippen MR) is 72.6 cm³/mol. The highest BCUT2D eigenvalue weighted by Gasteiger charge is 2.10. The maximum Gasteiger partial charge on any atom is 0.253 e. The van der Waals surface area contributed by atoms with E-state index in [-0.39, 0.29) is 19.0 Å². The van der Waals surface area contributed by atoms with E-state index in [0.29, 0.717) is 16.9 Å². The van der Waals surface area contributed by atoms with Crippen LogP contribution in [0.15, 0.2) is 29.0 Å². The Morgan fingerprint density at radius 1 is 1.55 bits per heavy atom. The van der Waals surface area contributed by atoms with Crippen LogP contribution in [0, 0.1) is 18.8 Å². The van der Waals surface area contributed by atoms with Gasteiger partial charge in [0.05, 0.1) is 29.9 Å². The number of aromatic nitrogens is 2. The minimum Gasteiger partial charge on any atom is -0.359 e. The van der Waals surface area contributed by atoms with Crippen molar-refractivity contribution in [3.63, 3.8) is 0 Å². The number of aryl methyl sites for hydroxylation is 1. The lowest BCUT2D eigenvalue weighted by molar-refractivity contribution is 0.0946. The molecule has 1 amide bonds. The van der Waals surface area contributed by atoms with Gasteiger partial charge in [-0.3, -0.25) is 9.78 Å². The van der Waals surface area contributed by atoms with Gasteiger partial charge in [-0.1, -0.05) is 17.0 Å². The highest BCUT2D eigenvalue weighted by molar-refractivity contribution is 5.96. The number of nitrogens with one attached hydrogen (secondary N) is 1. The molecule has 0 aliphatic rings. The maximum absolute atomic E-state index is 12.1. The molecule has 0 aromatic carbocycles. The molecule has 0 aliphatic heterocycles. The highest BCUT2D eigenvalue weighted by Crippen LogP contribution is 2.07.